The highest BCUT2D eigenvalue weighted by Crippen LogP contribution is 2.03. The molecule has 1 aromatic carbocycles. The topological polar surface area (TPSA) is 50.1 Å². The fraction of sp³-hybridized carbons (Fsp3) is 0. The van der Waals surface area contributed by atoms with E-state index in [0.29, 0.717) is 0 Å². The molecule has 0 saturated heterocycles. The average molecular weight is 225 g/mol. The predicted molar refractivity (Wildman–Crippen MR) is 65.5 cm³/mol. The van der Waals surface area contributed by atoms with Gasteiger partial charge >= 0.3 is 5.97 Å². The second-order valence-electron chi connectivity index (χ2n) is 3.03. The maximum Gasteiger partial charge on any atom is 0.353 e. The van der Waals surface area contributed by atoms with Gasteiger partial charge in [-0.2, -0.15) is 5.26 Å². The first kappa shape index (κ1) is 12.5. The quantitative estimate of drug-likeness (QED) is 0.260. The molecule has 0 saturated carbocycles. The maximum absolute atomic E-state index is 11.2. The van der Waals surface area contributed by atoms with Crippen LogP contribution in [0.2, 0.25) is 0 Å². The Morgan fingerprint density at radius 2 is 2.06 bits per heavy atom. The Hall–Kier alpha value is -2.60. The van der Waals surface area contributed by atoms with Crippen LogP contribution < -0.4 is 0 Å². The molecule has 0 fully saturated rings. The largest absolute Gasteiger partial charge is 0.431 e. The molecule has 0 heterocycles. The summed E-state index contributed by atoms with van der Waals surface area (Å²) in [6, 6.07) is 11.3. The van der Waals surface area contributed by atoms with Gasteiger partial charge < -0.3 is 4.74 Å². The molecule has 0 aliphatic heterocycles. The normalized spacial score (nSPS) is 10.9. The first-order chi connectivity index (χ1) is 8.27. The van der Waals surface area contributed by atoms with Crippen LogP contribution in [0.15, 0.2) is 60.9 Å². The van der Waals surface area contributed by atoms with Crippen molar-refractivity contribution in [3.8, 4) is 6.07 Å². The van der Waals surface area contributed by atoms with Crippen molar-refractivity contribution in [3.63, 3.8) is 0 Å². The van der Waals surface area contributed by atoms with E-state index in [-0.39, 0.29) is 5.57 Å². The van der Waals surface area contributed by atoms with Gasteiger partial charge in [-0.1, -0.05) is 49.1 Å². The van der Waals surface area contributed by atoms with Gasteiger partial charge in [0.25, 0.3) is 0 Å². The number of hydrogen-bond donors (Lipinski definition) is 0. The molecule has 0 radical (unpaired) electrons. The van der Waals surface area contributed by atoms with Crippen molar-refractivity contribution < 1.29 is 9.53 Å². The van der Waals surface area contributed by atoms with Gasteiger partial charge in [-0.05, 0) is 11.6 Å². The summed E-state index contributed by atoms with van der Waals surface area (Å²) in [5.74, 6) is -0.708. The molecule has 0 spiro atoms. The minimum atomic E-state index is -0.708. The van der Waals surface area contributed by atoms with Crippen LogP contribution in [0, 0.1) is 11.3 Å². The van der Waals surface area contributed by atoms with Gasteiger partial charge in [-0.15, -0.1) is 0 Å². The van der Waals surface area contributed by atoms with Gasteiger partial charge in [-0.3, -0.25) is 0 Å². The summed E-state index contributed by atoms with van der Waals surface area (Å²) < 4.78 is 4.50. The fourth-order valence-corrected chi connectivity index (χ4v) is 1.11. The third-order valence-corrected chi connectivity index (χ3v) is 1.88. The Kier molecular flexibility index (Phi) is 4.99. The third kappa shape index (κ3) is 4.18. The summed E-state index contributed by atoms with van der Waals surface area (Å²) in [5, 5.41) is 8.73. The zero-order valence-corrected chi connectivity index (χ0v) is 9.17. The zero-order valence-electron chi connectivity index (χ0n) is 9.17. The molecule has 0 bridgehead atoms. The molecule has 3 heteroatoms. The molecule has 1 aromatic rings. The number of nitrogens with zero attached hydrogens (tertiary/aromatic N) is 1. The lowest BCUT2D eigenvalue weighted by Crippen LogP contribution is -2.01. The van der Waals surface area contributed by atoms with Crippen molar-refractivity contribution in [2.45, 2.75) is 0 Å². The van der Waals surface area contributed by atoms with E-state index >= 15 is 0 Å². The summed E-state index contributed by atoms with van der Waals surface area (Å²) >= 11 is 0. The monoisotopic (exact) mass is 225 g/mol. The Labute approximate surface area is 99.9 Å². The highest BCUT2D eigenvalue weighted by molar-refractivity contribution is 5.93. The van der Waals surface area contributed by atoms with E-state index in [4.69, 9.17) is 5.26 Å². The van der Waals surface area contributed by atoms with Crippen molar-refractivity contribution in [1.29, 1.82) is 5.26 Å². The molecule has 3 nitrogen and oxygen atoms in total. The number of carbonyl (C=O) groups excluding carboxylic acids is 1. The third-order valence-electron chi connectivity index (χ3n) is 1.88. The summed E-state index contributed by atoms with van der Waals surface area (Å²) in [4.78, 5) is 11.2. The van der Waals surface area contributed by atoms with Crippen LogP contribution in [-0.2, 0) is 9.53 Å². The molecule has 0 N–H and O–H groups in total. The van der Waals surface area contributed by atoms with E-state index < -0.39 is 5.97 Å². The molecule has 0 aliphatic carbocycles. The Bertz CT molecular complexity index is 493. The number of ether oxygens (including phenoxy) is 1. The number of allylic oxidation sites excluding steroid dienone is 2. The lowest BCUT2D eigenvalue weighted by Gasteiger charge is -1.94. The van der Waals surface area contributed by atoms with Crippen LogP contribution in [-0.4, -0.2) is 5.97 Å². The molecule has 84 valence electrons. The molecule has 0 amide bonds. The van der Waals surface area contributed by atoms with Gasteiger partial charge in [-0.25, -0.2) is 4.79 Å². The molecule has 17 heavy (non-hydrogen) atoms. The number of benzene rings is 1. The Morgan fingerprint density at radius 3 is 2.65 bits per heavy atom. The van der Waals surface area contributed by atoms with Crippen molar-refractivity contribution in [2.75, 3.05) is 0 Å². The number of carbonyl (C=O) groups is 1. The number of esters is 1. The first-order valence-electron chi connectivity index (χ1n) is 4.93. The van der Waals surface area contributed by atoms with Crippen LogP contribution in [0.3, 0.4) is 0 Å². The van der Waals surface area contributed by atoms with Crippen LogP contribution in [0.5, 0.6) is 0 Å². The number of nitriles is 1. The van der Waals surface area contributed by atoms with Crippen LogP contribution in [0.25, 0.3) is 6.08 Å². The Balaban J connectivity index is 2.75. The van der Waals surface area contributed by atoms with E-state index in [1.54, 1.807) is 18.2 Å². The molecule has 0 atom stereocenters. The molecular weight excluding hydrogens is 214 g/mol. The number of rotatable bonds is 4. The van der Waals surface area contributed by atoms with Gasteiger partial charge in [0, 0.05) is 0 Å². The minimum absolute atomic E-state index is 0.0721. The second-order valence-corrected chi connectivity index (χ2v) is 3.03. The van der Waals surface area contributed by atoms with E-state index in [1.165, 1.54) is 6.08 Å². The number of hydrogen-bond acceptors (Lipinski definition) is 3. The summed E-state index contributed by atoms with van der Waals surface area (Å²) in [6.07, 6.45) is 5.81. The predicted octanol–water partition coefficient (Wildman–Crippen LogP) is 2.84. The standard InChI is InChI=1S/C14H11NO2/c1-2-17-14(16)13(11-15)10-6-9-12-7-4-3-5-8-12/h2-10H,1H2/b9-6+,13-10-. The molecular formula is C14H11NO2. The van der Waals surface area contributed by atoms with Crippen molar-refractivity contribution in [3.05, 3.63) is 66.5 Å². The van der Waals surface area contributed by atoms with E-state index in [2.05, 4.69) is 11.3 Å². The van der Waals surface area contributed by atoms with Crippen molar-refractivity contribution in [1.82, 2.24) is 0 Å². The zero-order chi connectivity index (χ0) is 12.5. The first-order valence-corrected chi connectivity index (χ1v) is 4.93. The summed E-state index contributed by atoms with van der Waals surface area (Å²) in [5.41, 5.74) is 0.912. The van der Waals surface area contributed by atoms with Crippen LogP contribution in [0.4, 0.5) is 0 Å². The molecule has 0 aromatic heterocycles. The van der Waals surface area contributed by atoms with Crippen LogP contribution >= 0.6 is 0 Å². The average Bonchev–Trinajstić information content (AvgIpc) is 2.36. The maximum atomic E-state index is 11.2. The van der Waals surface area contributed by atoms with Gasteiger partial charge in [0.15, 0.2) is 0 Å². The van der Waals surface area contributed by atoms with Gasteiger partial charge in [0.1, 0.15) is 11.6 Å². The molecule has 0 aliphatic rings. The van der Waals surface area contributed by atoms with E-state index in [1.807, 2.05) is 30.3 Å². The fourth-order valence-electron chi connectivity index (χ4n) is 1.11. The molecule has 0 unspecified atom stereocenters. The van der Waals surface area contributed by atoms with Gasteiger partial charge in [0.2, 0.25) is 0 Å². The van der Waals surface area contributed by atoms with Gasteiger partial charge in [0.05, 0.1) is 6.26 Å². The lowest BCUT2D eigenvalue weighted by atomic mass is 10.2. The SMILES string of the molecule is C=COC(=O)/C(C#N)=C\C=C\c1ccccc1. The second kappa shape index (κ2) is 6.81. The summed E-state index contributed by atoms with van der Waals surface area (Å²) in [7, 11) is 0. The van der Waals surface area contributed by atoms with E-state index in [9.17, 15) is 4.79 Å². The highest BCUT2D eigenvalue weighted by atomic mass is 16.5. The summed E-state index contributed by atoms with van der Waals surface area (Å²) in [6.45, 7) is 3.25. The van der Waals surface area contributed by atoms with Crippen molar-refractivity contribution in [2.24, 2.45) is 0 Å². The van der Waals surface area contributed by atoms with E-state index in [0.717, 1.165) is 11.8 Å². The molecule has 1 rings (SSSR count). The van der Waals surface area contributed by atoms with Crippen LogP contribution in [0.1, 0.15) is 5.56 Å². The lowest BCUT2D eigenvalue weighted by molar-refractivity contribution is -0.133. The Morgan fingerprint density at radius 1 is 1.35 bits per heavy atom. The minimum Gasteiger partial charge on any atom is -0.431 e. The highest BCUT2D eigenvalue weighted by Gasteiger charge is 2.06. The van der Waals surface area contributed by atoms with Crippen molar-refractivity contribution >= 4 is 12.0 Å². The smallest absolute Gasteiger partial charge is 0.353 e.